The number of carbonyl (C=O) groups excluding carboxylic acids is 1. The highest BCUT2D eigenvalue weighted by molar-refractivity contribution is 9.10. The third-order valence-electron chi connectivity index (χ3n) is 6.89. The SMILES string of the molecule is COc1cc(CC2C(=O)C=CC(C)C2(C)C)c(O[Si](C)(C)C(C)(C)C)cc1Br. The van der Waals surface area contributed by atoms with E-state index in [0.29, 0.717) is 12.3 Å². The van der Waals surface area contributed by atoms with Crippen LogP contribution in [0.15, 0.2) is 28.8 Å². The number of hydrogen-bond donors (Lipinski definition) is 0. The molecular weight excluding hydrogens is 432 g/mol. The van der Waals surface area contributed by atoms with Gasteiger partial charge in [-0.2, -0.15) is 0 Å². The number of ketones is 1. The highest BCUT2D eigenvalue weighted by Gasteiger charge is 2.42. The number of rotatable bonds is 5. The zero-order chi connectivity index (χ0) is 21.5. The van der Waals surface area contributed by atoms with Gasteiger partial charge in [0.2, 0.25) is 8.32 Å². The molecule has 156 valence electrons. The second-order valence-corrected chi connectivity index (χ2v) is 15.7. The summed E-state index contributed by atoms with van der Waals surface area (Å²) in [5, 5.41) is 0.0911. The molecule has 0 spiro atoms. The van der Waals surface area contributed by atoms with Gasteiger partial charge in [-0.15, -0.1) is 0 Å². The maximum absolute atomic E-state index is 12.8. The molecule has 2 atom stereocenters. The van der Waals surface area contributed by atoms with E-state index in [1.54, 1.807) is 13.2 Å². The monoisotopic (exact) mass is 466 g/mol. The van der Waals surface area contributed by atoms with Crippen molar-refractivity contribution in [2.45, 2.75) is 66.1 Å². The molecule has 0 saturated heterocycles. The lowest BCUT2D eigenvalue weighted by Crippen LogP contribution is -2.44. The van der Waals surface area contributed by atoms with E-state index in [1.165, 1.54) is 0 Å². The number of methoxy groups -OCH3 is 1. The topological polar surface area (TPSA) is 35.5 Å². The molecule has 1 aliphatic carbocycles. The first-order chi connectivity index (χ1) is 12.7. The van der Waals surface area contributed by atoms with Crippen molar-refractivity contribution in [1.29, 1.82) is 0 Å². The molecule has 0 amide bonds. The van der Waals surface area contributed by atoms with Gasteiger partial charge < -0.3 is 9.16 Å². The Hall–Kier alpha value is -1.07. The Morgan fingerprint density at radius 1 is 1.18 bits per heavy atom. The number of ether oxygens (including phenoxy) is 1. The first-order valence-corrected chi connectivity index (χ1v) is 13.7. The molecule has 0 radical (unpaired) electrons. The smallest absolute Gasteiger partial charge is 0.250 e. The van der Waals surface area contributed by atoms with Gasteiger partial charge in [-0.1, -0.05) is 47.6 Å². The fourth-order valence-electron chi connectivity index (χ4n) is 3.29. The van der Waals surface area contributed by atoms with Crippen LogP contribution in [0.3, 0.4) is 0 Å². The van der Waals surface area contributed by atoms with Crippen LogP contribution in [0.2, 0.25) is 18.1 Å². The summed E-state index contributed by atoms with van der Waals surface area (Å²) in [7, 11) is -0.355. The zero-order valence-corrected chi connectivity index (χ0v) is 21.4. The van der Waals surface area contributed by atoms with Crippen molar-refractivity contribution in [2.24, 2.45) is 17.3 Å². The van der Waals surface area contributed by atoms with Gasteiger partial charge in [0.25, 0.3) is 0 Å². The standard InChI is InChI=1S/C23H35BrO3Si/c1-15-10-11-19(25)17(23(15,5)6)12-16-13-21(26-7)18(24)14-20(16)27-28(8,9)22(2,3)4/h10-11,13-15,17H,12H2,1-9H3. The highest BCUT2D eigenvalue weighted by Crippen LogP contribution is 2.45. The Balaban J connectivity index is 2.50. The molecule has 0 aromatic heterocycles. The molecule has 28 heavy (non-hydrogen) atoms. The van der Waals surface area contributed by atoms with Crippen molar-refractivity contribution in [2.75, 3.05) is 7.11 Å². The molecule has 0 heterocycles. The van der Waals surface area contributed by atoms with Crippen LogP contribution in [0.5, 0.6) is 11.5 Å². The second kappa shape index (κ2) is 7.98. The molecular formula is C23H35BrO3Si. The summed E-state index contributed by atoms with van der Waals surface area (Å²) in [6.45, 7) is 17.8. The minimum atomic E-state index is -2.02. The molecule has 2 unspecified atom stereocenters. The van der Waals surface area contributed by atoms with Crippen molar-refractivity contribution in [3.05, 3.63) is 34.3 Å². The van der Waals surface area contributed by atoms with Gasteiger partial charge in [0, 0.05) is 5.92 Å². The number of halogens is 1. The fraction of sp³-hybridized carbons (Fsp3) is 0.609. The third-order valence-corrected chi connectivity index (χ3v) is 11.9. The molecule has 1 aliphatic rings. The van der Waals surface area contributed by atoms with Gasteiger partial charge in [-0.05, 0) is 75.6 Å². The van der Waals surface area contributed by atoms with E-state index in [1.807, 2.05) is 18.2 Å². The average Bonchev–Trinajstić information content (AvgIpc) is 2.55. The molecule has 0 bridgehead atoms. The highest BCUT2D eigenvalue weighted by atomic mass is 79.9. The maximum atomic E-state index is 12.8. The number of carbonyl (C=O) groups is 1. The van der Waals surface area contributed by atoms with E-state index in [4.69, 9.17) is 9.16 Å². The van der Waals surface area contributed by atoms with Crippen molar-refractivity contribution in [3.63, 3.8) is 0 Å². The van der Waals surface area contributed by atoms with Gasteiger partial charge in [0.15, 0.2) is 5.78 Å². The molecule has 1 aromatic carbocycles. The minimum absolute atomic E-state index is 0.0832. The van der Waals surface area contributed by atoms with Gasteiger partial charge in [0.05, 0.1) is 11.6 Å². The lowest BCUT2D eigenvalue weighted by atomic mass is 9.63. The summed E-state index contributed by atoms with van der Waals surface area (Å²) in [4.78, 5) is 12.8. The molecule has 3 nitrogen and oxygen atoms in total. The van der Waals surface area contributed by atoms with Crippen LogP contribution in [-0.2, 0) is 11.2 Å². The molecule has 5 heteroatoms. The summed E-state index contributed by atoms with van der Waals surface area (Å²) < 4.78 is 13.1. The van der Waals surface area contributed by atoms with Crippen molar-refractivity contribution >= 4 is 30.0 Å². The summed E-state index contributed by atoms with van der Waals surface area (Å²) in [6.07, 6.45) is 4.44. The lowest BCUT2D eigenvalue weighted by Gasteiger charge is -2.41. The molecule has 0 aliphatic heterocycles. The second-order valence-electron chi connectivity index (χ2n) is 10.1. The Bertz CT molecular complexity index is 775. The maximum Gasteiger partial charge on any atom is 0.250 e. The number of hydrogen-bond acceptors (Lipinski definition) is 3. The molecule has 1 aromatic rings. The quantitative estimate of drug-likeness (QED) is 0.447. The van der Waals surface area contributed by atoms with Crippen LogP contribution < -0.4 is 9.16 Å². The Morgan fingerprint density at radius 3 is 2.32 bits per heavy atom. The minimum Gasteiger partial charge on any atom is -0.543 e. The van der Waals surface area contributed by atoms with Crippen LogP contribution in [0.1, 0.15) is 47.1 Å². The predicted octanol–water partition coefficient (Wildman–Crippen LogP) is 6.80. The van der Waals surface area contributed by atoms with E-state index in [-0.39, 0.29) is 22.2 Å². The van der Waals surface area contributed by atoms with Crippen LogP contribution in [0, 0.1) is 17.3 Å². The van der Waals surface area contributed by atoms with Crippen molar-refractivity contribution in [1.82, 2.24) is 0 Å². The molecule has 0 N–H and O–H groups in total. The Labute approximate surface area is 180 Å². The van der Waals surface area contributed by atoms with E-state index in [0.717, 1.165) is 21.5 Å². The van der Waals surface area contributed by atoms with Crippen LogP contribution in [-0.4, -0.2) is 21.2 Å². The summed E-state index contributed by atoms with van der Waals surface area (Å²) >= 11 is 3.60. The van der Waals surface area contributed by atoms with Crippen molar-refractivity contribution < 1.29 is 14.0 Å². The third kappa shape index (κ3) is 4.56. The Morgan fingerprint density at radius 2 is 1.79 bits per heavy atom. The van der Waals surface area contributed by atoms with Crippen LogP contribution in [0.25, 0.3) is 0 Å². The van der Waals surface area contributed by atoms with Gasteiger partial charge in [-0.25, -0.2) is 0 Å². The first kappa shape index (κ1) is 23.2. The number of allylic oxidation sites excluding steroid dienone is 2. The largest absolute Gasteiger partial charge is 0.543 e. The molecule has 0 saturated carbocycles. The zero-order valence-electron chi connectivity index (χ0n) is 18.8. The molecule has 0 fully saturated rings. The summed E-state index contributed by atoms with van der Waals surface area (Å²) in [5.74, 6) is 2.09. The van der Waals surface area contributed by atoms with E-state index in [2.05, 4.69) is 70.6 Å². The lowest BCUT2D eigenvalue weighted by molar-refractivity contribution is -0.123. The summed E-state index contributed by atoms with van der Waals surface area (Å²) in [6, 6.07) is 4.03. The van der Waals surface area contributed by atoms with E-state index in [9.17, 15) is 4.79 Å². The first-order valence-electron chi connectivity index (χ1n) is 9.98. The van der Waals surface area contributed by atoms with Gasteiger partial charge in [-0.3, -0.25) is 4.79 Å². The van der Waals surface area contributed by atoms with E-state index < -0.39 is 8.32 Å². The average molecular weight is 468 g/mol. The molecule has 2 rings (SSSR count). The fourth-order valence-corrected chi connectivity index (χ4v) is 4.82. The van der Waals surface area contributed by atoms with Gasteiger partial charge in [0.1, 0.15) is 11.5 Å². The normalized spacial score (nSPS) is 22.3. The van der Waals surface area contributed by atoms with Crippen LogP contribution in [0.4, 0.5) is 0 Å². The predicted molar refractivity (Wildman–Crippen MR) is 123 cm³/mol. The Kier molecular flexibility index (Phi) is 6.62. The summed E-state index contributed by atoms with van der Waals surface area (Å²) in [5.41, 5.74) is 0.930. The number of benzene rings is 1. The van der Waals surface area contributed by atoms with Crippen molar-refractivity contribution in [3.8, 4) is 11.5 Å². The van der Waals surface area contributed by atoms with E-state index >= 15 is 0 Å². The van der Waals surface area contributed by atoms with Gasteiger partial charge >= 0.3 is 0 Å². The van der Waals surface area contributed by atoms with Crippen LogP contribution >= 0.6 is 15.9 Å².